The van der Waals surface area contributed by atoms with Gasteiger partial charge in [0.1, 0.15) is 30.9 Å². The van der Waals surface area contributed by atoms with E-state index in [-0.39, 0.29) is 30.5 Å². The van der Waals surface area contributed by atoms with Crippen LogP contribution in [0.3, 0.4) is 0 Å². The number of piperidine rings is 1. The minimum absolute atomic E-state index is 0.0500. The largest absolute Gasteiger partial charge is 0.491 e. The number of ether oxygens (including phenoxy) is 2. The summed E-state index contributed by atoms with van der Waals surface area (Å²) in [5, 5.41) is 4.32. The van der Waals surface area contributed by atoms with Gasteiger partial charge in [0.2, 0.25) is 5.91 Å². The van der Waals surface area contributed by atoms with Crippen molar-refractivity contribution in [3.05, 3.63) is 47.5 Å². The topological polar surface area (TPSA) is 59.8 Å². The predicted octanol–water partition coefficient (Wildman–Crippen LogP) is 2.14. The molecule has 8 heteroatoms. The highest BCUT2D eigenvalue weighted by atomic mass is 19.1. The first-order chi connectivity index (χ1) is 14.5. The van der Waals surface area contributed by atoms with Gasteiger partial charge < -0.3 is 14.4 Å². The molecule has 3 heterocycles. The molecule has 1 aromatic heterocycles. The van der Waals surface area contributed by atoms with Gasteiger partial charge in [-0.25, -0.2) is 4.39 Å². The molecule has 2 aliphatic rings. The van der Waals surface area contributed by atoms with Gasteiger partial charge in [-0.3, -0.25) is 14.4 Å². The Morgan fingerprint density at radius 1 is 1.23 bits per heavy atom. The summed E-state index contributed by atoms with van der Waals surface area (Å²) in [4.78, 5) is 16.9. The van der Waals surface area contributed by atoms with Crippen molar-refractivity contribution >= 4 is 5.91 Å². The van der Waals surface area contributed by atoms with Crippen LogP contribution in [0.2, 0.25) is 0 Å². The van der Waals surface area contributed by atoms with Crippen LogP contribution in [0.4, 0.5) is 4.39 Å². The molecule has 1 aromatic carbocycles. The summed E-state index contributed by atoms with van der Waals surface area (Å²) in [6.07, 6.45) is 3.63. The van der Waals surface area contributed by atoms with E-state index in [0.717, 1.165) is 32.5 Å². The van der Waals surface area contributed by atoms with Crippen molar-refractivity contribution in [1.29, 1.82) is 0 Å². The number of aryl methyl sites for hydroxylation is 2. The minimum Gasteiger partial charge on any atom is -0.491 e. The number of halogens is 1. The number of carbonyl (C=O) groups excluding carboxylic acids is 1. The van der Waals surface area contributed by atoms with Crippen LogP contribution < -0.4 is 4.74 Å². The van der Waals surface area contributed by atoms with Crippen LogP contribution in [0, 0.1) is 12.7 Å². The second-order valence-corrected chi connectivity index (χ2v) is 8.15. The van der Waals surface area contributed by atoms with E-state index < -0.39 is 0 Å². The summed E-state index contributed by atoms with van der Waals surface area (Å²) in [5.41, 5.74) is 2.46. The first kappa shape index (κ1) is 20.8. The molecule has 7 nitrogen and oxygen atoms in total. The fourth-order valence-corrected chi connectivity index (χ4v) is 4.22. The van der Waals surface area contributed by atoms with Crippen LogP contribution in [0.1, 0.15) is 24.1 Å². The summed E-state index contributed by atoms with van der Waals surface area (Å²) in [7, 11) is 1.98. The van der Waals surface area contributed by atoms with E-state index >= 15 is 0 Å². The molecule has 0 N–H and O–H groups in total. The van der Waals surface area contributed by atoms with Crippen LogP contribution in [-0.2, 0) is 23.1 Å². The Morgan fingerprint density at radius 2 is 1.97 bits per heavy atom. The van der Waals surface area contributed by atoms with Crippen molar-refractivity contribution in [2.45, 2.75) is 38.5 Å². The van der Waals surface area contributed by atoms with Crippen LogP contribution in [-0.4, -0.2) is 70.5 Å². The van der Waals surface area contributed by atoms with E-state index in [1.807, 2.05) is 22.8 Å². The van der Waals surface area contributed by atoms with Gasteiger partial charge in [0.05, 0.1) is 18.4 Å². The van der Waals surface area contributed by atoms with Crippen molar-refractivity contribution in [3.8, 4) is 5.75 Å². The van der Waals surface area contributed by atoms with Gasteiger partial charge in [0, 0.05) is 32.7 Å². The standard InChI is InChI=1S/C22H29FN4O3/c1-16-11-24-25(2)21(16)13-26-9-7-18(8-10-26)27-12-20(30-15-22(27)28)14-29-19-5-3-17(23)4-6-19/h3-6,11,18,20H,7-10,12-15H2,1-2H3/t20-/m1/s1. The number of hydrogen-bond donors (Lipinski definition) is 0. The number of rotatable bonds is 6. The first-order valence-corrected chi connectivity index (χ1v) is 10.5. The second kappa shape index (κ2) is 9.14. The highest BCUT2D eigenvalue weighted by Crippen LogP contribution is 2.22. The quantitative estimate of drug-likeness (QED) is 0.722. The van der Waals surface area contributed by atoms with E-state index in [9.17, 15) is 9.18 Å². The lowest BCUT2D eigenvalue weighted by Gasteiger charge is -2.42. The molecule has 0 saturated carbocycles. The number of benzene rings is 1. The first-order valence-electron chi connectivity index (χ1n) is 10.5. The molecule has 0 spiro atoms. The lowest BCUT2D eigenvalue weighted by Crippen LogP contribution is -2.55. The van der Waals surface area contributed by atoms with Crippen molar-refractivity contribution in [2.75, 3.05) is 32.8 Å². The van der Waals surface area contributed by atoms with E-state index in [1.165, 1.54) is 23.4 Å². The average molecular weight is 416 g/mol. The monoisotopic (exact) mass is 416 g/mol. The van der Waals surface area contributed by atoms with Gasteiger partial charge in [-0.1, -0.05) is 0 Å². The van der Waals surface area contributed by atoms with Crippen LogP contribution in [0.25, 0.3) is 0 Å². The molecule has 2 aromatic rings. The van der Waals surface area contributed by atoms with Gasteiger partial charge in [0.15, 0.2) is 0 Å². The van der Waals surface area contributed by atoms with E-state index in [4.69, 9.17) is 9.47 Å². The maximum atomic E-state index is 13.0. The number of hydrogen-bond acceptors (Lipinski definition) is 5. The fraction of sp³-hybridized carbons (Fsp3) is 0.545. The molecule has 0 unspecified atom stereocenters. The Hall–Kier alpha value is -2.45. The predicted molar refractivity (Wildman–Crippen MR) is 110 cm³/mol. The molecule has 0 aliphatic carbocycles. The number of likely N-dealkylation sites (tertiary alicyclic amines) is 1. The Balaban J connectivity index is 1.28. The molecule has 162 valence electrons. The van der Waals surface area contributed by atoms with Crippen molar-refractivity contribution in [2.24, 2.45) is 7.05 Å². The van der Waals surface area contributed by atoms with Crippen LogP contribution >= 0.6 is 0 Å². The normalized spacial score (nSPS) is 21.2. The maximum Gasteiger partial charge on any atom is 0.248 e. The third kappa shape index (κ3) is 4.82. The summed E-state index contributed by atoms with van der Waals surface area (Å²) < 4.78 is 26.4. The third-order valence-corrected chi connectivity index (χ3v) is 6.05. The molecular formula is C22H29FN4O3. The summed E-state index contributed by atoms with van der Waals surface area (Å²) >= 11 is 0. The summed E-state index contributed by atoms with van der Waals surface area (Å²) in [6, 6.07) is 6.17. The third-order valence-electron chi connectivity index (χ3n) is 6.05. The van der Waals surface area contributed by atoms with Gasteiger partial charge in [-0.15, -0.1) is 0 Å². The fourth-order valence-electron chi connectivity index (χ4n) is 4.22. The zero-order chi connectivity index (χ0) is 21.1. The number of morpholine rings is 1. The van der Waals surface area contributed by atoms with E-state index in [1.54, 1.807) is 12.1 Å². The highest BCUT2D eigenvalue weighted by molar-refractivity contribution is 5.78. The molecule has 1 amide bonds. The van der Waals surface area contributed by atoms with Crippen molar-refractivity contribution < 1.29 is 18.7 Å². The highest BCUT2D eigenvalue weighted by Gasteiger charge is 2.34. The number of nitrogens with zero attached hydrogens (tertiary/aromatic N) is 4. The molecule has 0 radical (unpaired) electrons. The Kier molecular flexibility index (Phi) is 6.34. The van der Waals surface area contributed by atoms with Crippen LogP contribution in [0.15, 0.2) is 30.5 Å². The molecule has 0 bridgehead atoms. The molecule has 2 aliphatic heterocycles. The van der Waals surface area contributed by atoms with Crippen molar-refractivity contribution in [1.82, 2.24) is 19.6 Å². The summed E-state index contributed by atoms with van der Waals surface area (Å²) in [5.74, 6) is 0.356. The number of amides is 1. The maximum absolute atomic E-state index is 13.0. The Labute approximate surface area is 176 Å². The van der Waals surface area contributed by atoms with E-state index in [2.05, 4.69) is 16.9 Å². The molecule has 1 atom stereocenters. The van der Waals surface area contributed by atoms with Crippen LogP contribution in [0.5, 0.6) is 5.75 Å². The Bertz CT molecular complexity index is 842. The number of aromatic nitrogens is 2. The summed E-state index contributed by atoms with van der Waals surface area (Å²) in [6.45, 7) is 5.86. The SMILES string of the molecule is Cc1cnn(C)c1CN1CCC(N2C[C@H](COc3ccc(F)cc3)OCC2=O)CC1. The second-order valence-electron chi connectivity index (χ2n) is 8.15. The number of carbonyl (C=O) groups is 1. The average Bonchev–Trinajstić information content (AvgIpc) is 3.07. The molecule has 4 rings (SSSR count). The smallest absolute Gasteiger partial charge is 0.248 e. The van der Waals surface area contributed by atoms with Gasteiger partial charge in [-0.2, -0.15) is 5.10 Å². The lowest BCUT2D eigenvalue weighted by molar-refractivity contribution is -0.155. The zero-order valence-electron chi connectivity index (χ0n) is 17.6. The molecule has 2 fully saturated rings. The van der Waals surface area contributed by atoms with E-state index in [0.29, 0.717) is 18.9 Å². The Morgan fingerprint density at radius 3 is 2.63 bits per heavy atom. The lowest BCUT2D eigenvalue weighted by atomic mass is 10.0. The molecule has 30 heavy (non-hydrogen) atoms. The minimum atomic E-state index is -0.294. The molecule has 2 saturated heterocycles. The zero-order valence-corrected chi connectivity index (χ0v) is 17.6. The van der Waals surface area contributed by atoms with Gasteiger partial charge in [0.25, 0.3) is 0 Å². The molecular weight excluding hydrogens is 387 g/mol. The van der Waals surface area contributed by atoms with Gasteiger partial charge in [-0.05, 0) is 49.6 Å². The van der Waals surface area contributed by atoms with Gasteiger partial charge >= 0.3 is 0 Å². The van der Waals surface area contributed by atoms with Crippen molar-refractivity contribution in [3.63, 3.8) is 0 Å².